The third-order valence-corrected chi connectivity index (χ3v) is 2.12. The van der Waals surface area contributed by atoms with Crippen molar-refractivity contribution < 1.29 is 9.53 Å². The van der Waals surface area contributed by atoms with Crippen molar-refractivity contribution in [2.45, 2.75) is 0 Å². The monoisotopic (exact) mass is 219 g/mol. The van der Waals surface area contributed by atoms with Crippen LogP contribution in [0.2, 0.25) is 0 Å². The summed E-state index contributed by atoms with van der Waals surface area (Å²) in [5, 5.41) is 5.89. The molecule has 1 N–H and O–H groups in total. The molecule has 0 spiro atoms. The summed E-state index contributed by atoms with van der Waals surface area (Å²) in [7, 11) is 1.32. The van der Waals surface area contributed by atoms with E-state index < -0.39 is 5.97 Å². The molecule has 0 saturated heterocycles. The van der Waals surface area contributed by atoms with Crippen molar-refractivity contribution in [2.24, 2.45) is 0 Å². The van der Waals surface area contributed by atoms with Crippen molar-refractivity contribution in [3.8, 4) is 5.69 Å². The number of carbonyl (C=O) groups excluding carboxylic acids is 1. The second-order valence-electron chi connectivity index (χ2n) is 3.07. The molecule has 0 amide bonds. The molecule has 0 aliphatic carbocycles. The van der Waals surface area contributed by atoms with Crippen molar-refractivity contribution >= 4 is 5.97 Å². The molecule has 0 atom stereocenters. The molecule has 1 aromatic carbocycles. The van der Waals surface area contributed by atoms with Crippen LogP contribution in [0.25, 0.3) is 5.69 Å². The van der Waals surface area contributed by atoms with Crippen LogP contribution in [-0.4, -0.2) is 27.8 Å². The third kappa shape index (κ3) is 1.72. The Kier molecular flexibility index (Phi) is 2.55. The van der Waals surface area contributed by atoms with E-state index in [9.17, 15) is 9.59 Å². The van der Waals surface area contributed by atoms with Crippen molar-refractivity contribution in [3.63, 3.8) is 0 Å². The molecule has 2 rings (SSSR count). The molecule has 0 aliphatic heterocycles. The highest BCUT2D eigenvalue weighted by molar-refractivity contribution is 5.89. The van der Waals surface area contributed by atoms with Crippen LogP contribution in [0, 0.1) is 0 Å². The lowest BCUT2D eigenvalue weighted by molar-refractivity contribution is 0.0601. The molecular formula is C10H9N3O3. The maximum atomic E-state index is 11.2. The average Bonchev–Trinajstić information content (AvgIpc) is 2.75. The molecule has 6 heteroatoms. The Morgan fingerprint density at radius 3 is 2.56 bits per heavy atom. The number of ether oxygens (including phenoxy) is 1. The number of benzene rings is 1. The van der Waals surface area contributed by atoms with Crippen LogP contribution >= 0.6 is 0 Å². The summed E-state index contributed by atoms with van der Waals surface area (Å²) >= 11 is 0. The van der Waals surface area contributed by atoms with Gasteiger partial charge in [-0.15, -0.1) is 0 Å². The fourth-order valence-corrected chi connectivity index (χ4v) is 1.31. The number of aromatic nitrogens is 3. The van der Waals surface area contributed by atoms with E-state index in [-0.39, 0.29) is 5.69 Å². The normalized spacial score (nSPS) is 10.1. The van der Waals surface area contributed by atoms with Gasteiger partial charge < -0.3 is 4.74 Å². The largest absolute Gasteiger partial charge is 0.465 e. The molecule has 1 aromatic heterocycles. The Labute approximate surface area is 90.5 Å². The molecule has 82 valence electrons. The Morgan fingerprint density at radius 2 is 2.06 bits per heavy atom. The van der Waals surface area contributed by atoms with Gasteiger partial charge in [0.15, 0.2) is 0 Å². The fraction of sp³-hybridized carbons (Fsp3) is 0.100. The lowest BCUT2D eigenvalue weighted by Gasteiger charge is -2.01. The van der Waals surface area contributed by atoms with Gasteiger partial charge in [0, 0.05) is 0 Å². The van der Waals surface area contributed by atoms with Gasteiger partial charge in [0.25, 0.3) is 0 Å². The minimum atomic E-state index is -0.411. The fourth-order valence-electron chi connectivity index (χ4n) is 1.31. The van der Waals surface area contributed by atoms with Crippen molar-refractivity contribution in [3.05, 3.63) is 46.6 Å². The number of nitrogens with one attached hydrogen (secondary N) is 1. The number of hydrogen-bond acceptors (Lipinski definition) is 4. The molecular weight excluding hydrogens is 210 g/mol. The number of aromatic amines is 1. The van der Waals surface area contributed by atoms with E-state index in [1.54, 1.807) is 24.3 Å². The van der Waals surface area contributed by atoms with Crippen LogP contribution in [0.4, 0.5) is 0 Å². The van der Waals surface area contributed by atoms with Crippen LogP contribution in [0.1, 0.15) is 10.4 Å². The first kappa shape index (κ1) is 10.2. The smallest absolute Gasteiger partial charge is 0.347 e. The van der Waals surface area contributed by atoms with E-state index in [4.69, 9.17) is 0 Å². The Hall–Kier alpha value is -2.37. The molecule has 6 nitrogen and oxygen atoms in total. The predicted octanol–water partition coefficient (Wildman–Crippen LogP) is 0.347. The highest BCUT2D eigenvalue weighted by atomic mass is 16.5. The molecule has 0 aliphatic rings. The first-order valence-electron chi connectivity index (χ1n) is 4.53. The zero-order chi connectivity index (χ0) is 11.5. The molecule has 1 heterocycles. The van der Waals surface area contributed by atoms with Gasteiger partial charge in [-0.3, -0.25) is 0 Å². The zero-order valence-electron chi connectivity index (χ0n) is 8.51. The van der Waals surface area contributed by atoms with E-state index in [1.165, 1.54) is 18.0 Å². The molecule has 0 bridgehead atoms. The van der Waals surface area contributed by atoms with Crippen molar-refractivity contribution in [2.75, 3.05) is 7.11 Å². The molecule has 0 radical (unpaired) electrons. The van der Waals surface area contributed by atoms with E-state index >= 15 is 0 Å². The van der Waals surface area contributed by atoms with Gasteiger partial charge in [0.1, 0.15) is 6.33 Å². The number of rotatable bonds is 2. The van der Waals surface area contributed by atoms with Crippen LogP contribution in [0.15, 0.2) is 35.4 Å². The number of methoxy groups -OCH3 is 1. The standard InChI is InChI=1S/C10H9N3O3/c1-16-9(14)7-2-4-8(5-3-7)13-6-11-12-10(13)15/h2-6H,1H3,(H,12,15). The summed E-state index contributed by atoms with van der Waals surface area (Å²) in [5.41, 5.74) is 0.736. The summed E-state index contributed by atoms with van der Waals surface area (Å²) in [6.07, 6.45) is 1.37. The quantitative estimate of drug-likeness (QED) is 0.739. The summed E-state index contributed by atoms with van der Waals surface area (Å²) in [4.78, 5) is 22.4. The van der Waals surface area contributed by atoms with Crippen molar-refractivity contribution in [1.29, 1.82) is 0 Å². The number of nitrogens with zero attached hydrogens (tertiary/aromatic N) is 2. The van der Waals surface area contributed by atoms with Crippen LogP contribution in [0.3, 0.4) is 0 Å². The van der Waals surface area contributed by atoms with Crippen LogP contribution in [0.5, 0.6) is 0 Å². The third-order valence-electron chi connectivity index (χ3n) is 2.12. The number of H-pyrrole nitrogens is 1. The highest BCUT2D eigenvalue weighted by Crippen LogP contribution is 2.07. The van der Waals surface area contributed by atoms with Gasteiger partial charge in [-0.2, -0.15) is 5.10 Å². The molecule has 0 fully saturated rings. The zero-order valence-corrected chi connectivity index (χ0v) is 8.51. The van der Waals surface area contributed by atoms with Gasteiger partial charge in [0.05, 0.1) is 18.4 Å². The second-order valence-corrected chi connectivity index (χ2v) is 3.07. The van der Waals surface area contributed by atoms with E-state index in [0.29, 0.717) is 11.3 Å². The summed E-state index contributed by atoms with van der Waals surface area (Å²) in [6, 6.07) is 6.45. The Balaban J connectivity index is 2.37. The van der Waals surface area contributed by atoms with Gasteiger partial charge in [-0.25, -0.2) is 19.3 Å². The van der Waals surface area contributed by atoms with Crippen LogP contribution in [-0.2, 0) is 4.74 Å². The first-order chi connectivity index (χ1) is 7.72. The average molecular weight is 219 g/mol. The first-order valence-corrected chi connectivity index (χ1v) is 4.53. The van der Waals surface area contributed by atoms with Gasteiger partial charge in [0.2, 0.25) is 0 Å². The second kappa shape index (κ2) is 4.01. The maximum Gasteiger partial charge on any atom is 0.347 e. The van der Waals surface area contributed by atoms with Crippen LogP contribution < -0.4 is 5.69 Å². The summed E-state index contributed by atoms with van der Waals surface area (Å²) in [6.45, 7) is 0. The topological polar surface area (TPSA) is 77.0 Å². The van der Waals surface area contributed by atoms with Gasteiger partial charge in [-0.05, 0) is 24.3 Å². The Bertz CT molecular complexity index is 553. The van der Waals surface area contributed by atoms with Crippen molar-refractivity contribution in [1.82, 2.24) is 14.8 Å². The van der Waals surface area contributed by atoms with E-state index in [0.717, 1.165) is 0 Å². The SMILES string of the molecule is COC(=O)c1ccc(-n2cn[nH]c2=O)cc1. The minimum absolute atomic E-state index is 0.328. The predicted molar refractivity (Wildman–Crippen MR) is 55.5 cm³/mol. The number of esters is 1. The van der Waals surface area contributed by atoms with Gasteiger partial charge in [-0.1, -0.05) is 0 Å². The molecule has 2 aromatic rings. The minimum Gasteiger partial charge on any atom is -0.465 e. The molecule has 0 saturated carbocycles. The lowest BCUT2D eigenvalue weighted by Crippen LogP contribution is -2.14. The highest BCUT2D eigenvalue weighted by Gasteiger charge is 2.05. The Morgan fingerprint density at radius 1 is 1.38 bits per heavy atom. The summed E-state index contributed by atoms with van der Waals surface area (Å²) < 4.78 is 5.90. The van der Waals surface area contributed by atoms with Gasteiger partial charge >= 0.3 is 11.7 Å². The molecule has 0 unspecified atom stereocenters. The summed E-state index contributed by atoms with van der Waals surface area (Å²) in [5.74, 6) is -0.411. The maximum absolute atomic E-state index is 11.2. The molecule has 16 heavy (non-hydrogen) atoms. The number of carbonyl (C=O) groups is 1. The van der Waals surface area contributed by atoms with E-state index in [2.05, 4.69) is 14.9 Å². The van der Waals surface area contributed by atoms with E-state index in [1.807, 2.05) is 0 Å². The lowest BCUT2D eigenvalue weighted by atomic mass is 10.2. The number of hydrogen-bond donors (Lipinski definition) is 1.